The summed E-state index contributed by atoms with van der Waals surface area (Å²) in [6.45, 7) is 2.34. The predicted octanol–water partition coefficient (Wildman–Crippen LogP) is -0.0664. The number of hydrogen-bond acceptors (Lipinski definition) is 6. The van der Waals surface area contributed by atoms with Crippen LogP contribution in [0.3, 0.4) is 0 Å². The number of hydrogen-bond donors (Lipinski definition) is 2. The van der Waals surface area contributed by atoms with E-state index < -0.39 is 0 Å². The van der Waals surface area contributed by atoms with Crippen molar-refractivity contribution in [3.8, 4) is 0 Å². The van der Waals surface area contributed by atoms with Gasteiger partial charge in [0.25, 0.3) is 0 Å². The van der Waals surface area contributed by atoms with E-state index in [1.54, 1.807) is 11.9 Å². The Bertz CT molecular complexity index is 487. The Kier molecular flexibility index (Phi) is 3.94. The number of nitrogens with one attached hydrogen (secondary N) is 2. The molecule has 1 aromatic rings. The zero-order valence-electron chi connectivity index (χ0n) is 11.1. The molecule has 2 amide bonds. The van der Waals surface area contributed by atoms with E-state index >= 15 is 0 Å². The zero-order valence-corrected chi connectivity index (χ0v) is 11.1. The molecule has 7 heteroatoms. The van der Waals surface area contributed by atoms with Crippen LogP contribution in [-0.4, -0.2) is 41.9 Å². The van der Waals surface area contributed by atoms with Gasteiger partial charge in [0.2, 0.25) is 11.8 Å². The number of imide groups is 1. The minimum atomic E-state index is -0.302. The monoisotopic (exact) mass is 263 g/mol. The lowest BCUT2D eigenvalue weighted by atomic mass is 10.1. The summed E-state index contributed by atoms with van der Waals surface area (Å²) in [6, 6.07) is 0. The molecular formula is C12H17N5O2. The first-order valence-electron chi connectivity index (χ1n) is 6.25. The number of carbonyl (C=O) groups excluding carboxylic acids is 2. The van der Waals surface area contributed by atoms with Gasteiger partial charge < -0.3 is 10.2 Å². The number of anilines is 2. The van der Waals surface area contributed by atoms with Gasteiger partial charge in [-0.15, -0.1) is 0 Å². The lowest BCUT2D eigenvalue weighted by Crippen LogP contribution is -2.52. The lowest BCUT2D eigenvalue weighted by molar-refractivity contribution is -0.130. The molecule has 102 valence electrons. The second-order valence-electron chi connectivity index (χ2n) is 4.35. The van der Waals surface area contributed by atoms with Gasteiger partial charge in [0.15, 0.2) is 0 Å². The van der Waals surface area contributed by atoms with Gasteiger partial charge in [0.05, 0.1) is 13.1 Å². The molecule has 0 saturated carbocycles. The molecule has 0 spiro atoms. The fourth-order valence-electron chi connectivity index (χ4n) is 2.16. The summed E-state index contributed by atoms with van der Waals surface area (Å²) in [6.07, 6.45) is 3.17. The second kappa shape index (κ2) is 5.64. The van der Waals surface area contributed by atoms with Crippen LogP contribution in [0.5, 0.6) is 0 Å². The molecule has 0 unspecified atom stereocenters. The molecule has 1 aliphatic rings. The smallest absolute Gasteiger partial charge is 0.246 e. The van der Waals surface area contributed by atoms with Crippen LogP contribution in [-0.2, 0) is 16.0 Å². The highest BCUT2D eigenvalue weighted by atomic mass is 16.2. The van der Waals surface area contributed by atoms with Crippen LogP contribution in [0.25, 0.3) is 0 Å². The Hall–Kier alpha value is -2.18. The van der Waals surface area contributed by atoms with Gasteiger partial charge in [-0.2, -0.15) is 0 Å². The fourth-order valence-corrected chi connectivity index (χ4v) is 2.16. The molecule has 2 rings (SSSR count). The van der Waals surface area contributed by atoms with Crippen LogP contribution in [0.15, 0.2) is 6.33 Å². The number of piperazine rings is 1. The van der Waals surface area contributed by atoms with Crippen molar-refractivity contribution >= 4 is 23.5 Å². The van der Waals surface area contributed by atoms with Gasteiger partial charge in [-0.05, 0) is 6.42 Å². The van der Waals surface area contributed by atoms with Crippen molar-refractivity contribution in [1.82, 2.24) is 15.3 Å². The minimum absolute atomic E-state index is 0.141. The Morgan fingerprint density at radius 3 is 2.58 bits per heavy atom. The predicted molar refractivity (Wildman–Crippen MR) is 70.9 cm³/mol. The number of carbonyl (C=O) groups is 2. The van der Waals surface area contributed by atoms with Crippen LogP contribution >= 0.6 is 0 Å². The molecule has 1 saturated heterocycles. The average molecular weight is 263 g/mol. The maximum atomic E-state index is 11.4. The summed E-state index contributed by atoms with van der Waals surface area (Å²) in [7, 11) is 1.79. The van der Waals surface area contributed by atoms with Crippen molar-refractivity contribution in [3.63, 3.8) is 0 Å². The largest absolute Gasteiger partial charge is 0.373 e. The van der Waals surface area contributed by atoms with Gasteiger partial charge in [-0.3, -0.25) is 14.9 Å². The number of aromatic nitrogens is 2. The summed E-state index contributed by atoms with van der Waals surface area (Å²) < 4.78 is 0. The van der Waals surface area contributed by atoms with E-state index in [0.717, 1.165) is 24.2 Å². The topological polar surface area (TPSA) is 87.2 Å². The van der Waals surface area contributed by atoms with E-state index in [1.807, 2.05) is 0 Å². The highest BCUT2D eigenvalue weighted by Gasteiger charge is 2.26. The molecule has 2 heterocycles. The van der Waals surface area contributed by atoms with Crippen LogP contribution < -0.4 is 15.5 Å². The van der Waals surface area contributed by atoms with Crippen molar-refractivity contribution in [2.45, 2.75) is 19.8 Å². The van der Waals surface area contributed by atoms with Crippen LogP contribution in [0, 0.1) is 0 Å². The Balaban J connectivity index is 2.37. The summed E-state index contributed by atoms with van der Waals surface area (Å²) in [5, 5.41) is 5.30. The maximum Gasteiger partial charge on any atom is 0.246 e. The molecule has 0 bridgehead atoms. The molecule has 1 aromatic heterocycles. The fraction of sp³-hybridized carbons (Fsp3) is 0.500. The minimum Gasteiger partial charge on any atom is -0.373 e. The summed E-state index contributed by atoms with van der Waals surface area (Å²) in [5.41, 5.74) is 0.940. The molecule has 0 radical (unpaired) electrons. The van der Waals surface area contributed by atoms with Crippen molar-refractivity contribution in [1.29, 1.82) is 0 Å². The second-order valence-corrected chi connectivity index (χ2v) is 4.35. The molecule has 0 aliphatic carbocycles. The molecule has 1 aliphatic heterocycles. The van der Waals surface area contributed by atoms with E-state index in [4.69, 9.17) is 0 Å². The highest BCUT2D eigenvalue weighted by molar-refractivity contribution is 6.02. The average Bonchev–Trinajstić information content (AvgIpc) is 2.38. The summed E-state index contributed by atoms with van der Waals surface area (Å²) in [5.74, 6) is 0.793. The first-order chi connectivity index (χ1) is 9.15. The number of rotatable bonds is 4. The van der Waals surface area contributed by atoms with Gasteiger partial charge >= 0.3 is 0 Å². The van der Waals surface area contributed by atoms with Crippen LogP contribution in [0.1, 0.15) is 18.9 Å². The molecule has 0 aromatic carbocycles. The SMILES string of the molecule is CCCc1c(NC)ncnc1N1CC(=O)NC(=O)C1. The molecule has 2 N–H and O–H groups in total. The molecular weight excluding hydrogens is 246 g/mol. The molecule has 19 heavy (non-hydrogen) atoms. The van der Waals surface area contributed by atoms with Crippen LogP contribution in [0.2, 0.25) is 0 Å². The first kappa shape index (κ1) is 13.3. The van der Waals surface area contributed by atoms with Gasteiger partial charge in [-0.25, -0.2) is 9.97 Å². The van der Waals surface area contributed by atoms with Crippen LogP contribution in [0.4, 0.5) is 11.6 Å². The number of amides is 2. The Morgan fingerprint density at radius 1 is 1.32 bits per heavy atom. The molecule has 7 nitrogen and oxygen atoms in total. The maximum absolute atomic E-state index is 11.4. The third-order valence-electron chi connectivity index (χ3n) is 2.91. The Labute approximate surface area is 111 Å². The third-order valence-corrected chi connectivity index (χ3v) is 2.91. The van der Waals surface area contributed by atoms with Crippen molar-refractivity contribution in [2.24, 2.45) is 0 Å². The standard InChI is InChI=1S/C12H17N5O2/c1-3-4-8-11(13-2)14-7-15-12(8)17-5-9(18)16-10(19)6-17/h7H,3-6H2,1-2H3,(H,13,14,15)(H,16,18,19). The van der Waals surface area contributed by atoms with Gasteiger partial charge in [0, 0.05) is 12.6 Å². The van der Waals surface area contributed by atoms with E-state index in [2.05, 4.69) is 27.5 Å². The first-order valence-corrected chi connectivity index (χ1v) is 6.25. The van der Waals surface area contributed by atoms with E-state index in [9.17, 15) is 9.59 Å². The van der Waals surface area contributed by atoms with E-state index in [1.165, 1.54) is 6.33 Å². The van der Waals surface area contributed by atoms with Crippen molar-refractivity contribution in [3.05, 3.63) is 11.9 Å². The summed E-state index contributed by atoms with van der Waals surface area (Å²) >= 11 is 0. The molecule has 1 fully saturated rings. The summed E-state index contributed by atoms with van der Waals surface area (Å²) in [4.78, 5) is 33.0. The van der Waals surface area contributed by atoms with E-state index in [0.29, 0.717) is 5.82 Å². The van der Waals surface area contributed by atoms with Crippen molar-refractivity contribution < 1.29 is 9.59 Å². The van der Waals surface area contributed by atoms with Gasteiger partial charge in [0.1, 0.15) is 18.0 Å². The normalized spacial score (nSPS) is 15.4. The Morgan fingerprint density at radius 2 is 2.00 bits per heavy atom. The van der Waals surface area contributed by atoms with E-state index in [-0.39, 0.29) is 24.9 Å². The lowest BCUT2D eigenvalue weighted by Gasteiger charge is -2.28. The zero-order chi connectivity index (χ0) is 13.8. The van der Waals surface area contributed by atoms with Gasteiger partial charge in [-0.1, -0.05) is 13.3 Å². The third kappa shape index (κ3) is 2.81. The highest BCUT2D eigenvalue weighted by Crippen LogP contribution is 2.25. The quantitative estimate of drug-likeness (QED) is 0.740. The molecule has 0 atom stereocenters. The van der Waals surface area contributed by atoms with Crippen molar-refractivity contribution in [2.75, 3.05) is 30.4 Å². The number of nitrogens with zero attached hydrogens (tertiary/aromatic N) is 3.